The van der Waals surface area contributed by atoms with Crippen molar-refractivity contribution in [1.82, 2.24) is 0 Å². The van der Waals surface area contributed by atoms with Crippen LogP contribution in [0.2, 0.25) is 24.2 Å². The summed E-state index contributed by atoms with van der Waals surface area (Å²) >= 11 is -2.68. The van der Waals surface area contributed by atoms with Crippen LogP contribution in [0.15, 0.2) is 77.9 Å². The van der Waals surface area contributed by atoms with Crippen LogP contribution < -0.4 is 24.8 Å². The van der Waals surface area contributed by atoms with Gasteiger partial charge in [-0.15, -0.1) is 0 Å². The van der Waals surface area contributed by atoms with Gasteiger partial charge in [0, 0.05) is 0 Å². The van der Waals surface area contributed by atoms with Gasteiger partial charge in [0.1, 0.15) is 0 Å². The molecule has 0 radical (unpaired) electrons. The fourth-order valence-corrected chi connectivity index (χ4v) is 92.0. The smallest absolute Gasteiger partial charge is 1.00 e. The standard InChI is InChI=1S/C16H13.C13H15.C4H8Si2.2ClH.Zr/c1-12-10-14-8-5-9-15(16(14)11-12)13-6-3-2-4-7-13;1-9(2)12-6-4-5-11-7-10(3)8-13(11)12;1-2-6-4-3-5-1;;;/h2-11H,1H3;4-9H,1-3H3;1-4H2;2*1H;/q;;;;;+2/p-2. The molecule has 2 aliphatic heterocycles. The molecule has 38 heavy (non-hydrogen) atoms. The van der Waals surface area contributed by atoms with E-state index in [1.54, 1.807) is 63.1 Å². The van der Waals surface area contributed by atoms with Crippen molar-refractivity contribution in [2.45, 2.75) is 65.0 Å². The summed E-state index contributed by atoms with van der Waals surface area (Å²) in [5, 5.41) is 0. The molecule has 0 saturated carbocycles. The van der Waals surface area contributed by atoms with Crippen LogP contribution in [0.1, 0.15) is 68.7 Å². The van der Waals surface area contributed by atoms with Gasteiger partial charge in [0.05, 0.1) is 0 Å². The molecule has 7 rings (SSSR count). The molecular weight excluding hydrogens is 615 g/mol. The Morgan fingerprint density at radius 3 is 1.76 bits per heavy atom. The molecule has 2 bridgehead atoms. The zero-order valence-corrected chi connectivity index (χ0v) is 28.8. The molecule has 0 spiro atoms. The average Bonchev–Trinajstić information content (AvgIpc) is 3.61. The van der Waals surface area contributed by atoms with Gasteiger partial charge < -0.3 is 24.8 Å². The maximum Gasteiger partial charge on any atom is -1.00 e. The molecule has 4 aliphatic rings. The van der Waals surface area contributed by atoms with Crippen LogP contribution in [0.5, 0.6) is 0 Å². The van der Waals surface area contributed by atoms with Crippen molar-refractivity contribution in [3.63, 3.8) is 0 Å². The summed E-state index contributed by atoms with van der Waals surface area (Å²) in [5.41, 5.74) is 14.2. The zero-order chi connectivity index (χ0) is 24.6. The summed E-state index contributed by atoms with van der Waals surface area (Å²) in [6, 6.07) is 32.4. The Kier molecular flexibility index (Phi) is 8.11. The van der Waals surface area contributed by atoms with E-state index in [1.807, 2.05) is 0 Å². The molecule has 0 nitrogen and oxygen atoms in total. The average molecular weight is 651 g/mol. The van der Waals surface area contributed by atoms with E-state index >= 15 is 0 Å². The quantitative estimate of drug-likeness (QED) is 0.381. The molecule has 5 heteroatoms. The van der Waals surface area contributed by atoms with E-state index in [0.29, 0.717) is 5.92 Å². The van der Waals surface area contributed by atoms with E-state index < -0.39 is 17.5 Å². The first-order valence-corrected chi connectivity index (χ1v) is 27.9. The molecule has 194 valence electrons. The van der Waals surface area contributed by atoms with Crippen LogP contribution in [0.4, 0.5) is 0 Å². The van der Waals surface area contributed by atoms with Crippen molar-refractivity contribution >= 4 is 23.0 Å². The van der Waals surface area contributed by atoms with E-state index in [1.165, 1.54) is 11.1 Å². The fraction of sp³-hybridized carbons (Fsp3) is 0.333. The number of fused-ring (bicyclic) bond motifs is 2. The van der Waals surface area contributed by atoms with Gasteiger partial charge in [-0.1, -0.05) is 0 Å². The van der Waals surface area contributed by atoms with Crippen LogP contribution in [0.3, 0.4) is 0 Å². The third-order valence-corrected chi connectivity index (χ3v) is 68.8. The zero-order valence-electron chi connectivity index (χ0n) is 22.8. The number of allylic oxidation sites excluding steroid dienone is 2. The van der Waals surface area contributed by atoms with Gasteiger partial charge in [-0.05, 0) is 0 Å². The first kappa shape index (κ1) is 28.6. The van der Waals surface area contributed by atoms with Gasteiger partial charge >= 0.3 is 222 Å². The van der Waals surface area contributed by atoms with E-state index in [-0.39, 0.29) is 35.7 Å². The van der Waals surface area contributed by atoms with Crippen LogP contribution in [0.25, 0.3) is 23.3 Å². The molecule has 0 fully saturated rings. The van der Waals surface area contributed by atoms with Gasteiger partial charge in [0.25, 0.3) is 0 Å². The minimum absolute atomic E-state index is 0. The summed E-state index contributed by atoms with van der Waals surface area (Å²) in [6.07, 6.45) is 5.30. The largest absolute Gasteiger partial charge is 1.00 e. The predicted molar refractivity (Wildman–Crippen MR) is 156 cm³/mol. The molecule has 2 aliphatic carbocycles. The van der Waals surface area contributed by atoms with Crippen molar-refractivity contribution in [2.24, 2.45) is 0 Å². The first-order chi connectivity index (χ1) is 17.5. The van der Waals surface area contributed by atoms with E-state index in [0.717, 1.165) is 7.25 Å². The van der Waals surface area contributed by atoms with Gasteiger partial charge in [0.2, 0.25) is 0 Å². The predicted octanol–water partition coefficient (Wildman–Crippen LogP) is 3.27. The Labute approximate surface area is 245 Å². The summed E-state index contributed by atoms with van der Waals surface area (Å²) in [7, 11) is 0. The number of benzene rings is 3. The van der Waals surface area contributed by atoms with Crippen LogP contribution in [-0.4, -0.2) is 10.9 Å². The summed E-state index contributed by atoms with van der Waals surface area (Å²) in [5.74, 6) is 0.597. The molecule has 3 aromatic carbocycles. The third-order valence-electron chi connectivity index (χ3n) is 9.83. The third kappa shape index (κ3) is 3.98. The van der Waals surface area contributed by atoms with Crippen molar-refractivity contribution in [2.75, 3.05) is 0 Å². The summed E-state index contributed by atoms with van der Waals surface area (Å²) < 4.78 is 1.65. The Hall–Kier alpha value is -0.963. The Morgan fingerprint density at radius 2 is 1.18 bits per heavy atom. The number of hydrogen-bond acceptors (Lipinski definition) is 0. The van der Waals surface area contributed by atoms with Crippen LogP contribution in [0, 0.1) is 0 Å². The SMILES string of the molecule is CC1=Cc2c(-c3ccccc3)cccc2[CH]1[Zr+2]1([CH]2C(C)=Cc3c(C(C)C)cccc32)=[Si]2CC[Si]=1CC2.[Cl-].[Cl-]. The molecule has 0 saturated heterocycles. The normalized spacial score (nSPS) is 20.3. The Bertz CT molecular complexity index is 1590. The second-order valence-electron chi connectivity index (χ2n) is 11.9. The van der Waals surface area contributed by atoms with Gasteiger partial charge in [-0.2, -0.15) is 0 Å². The van der Waals surface area contributed by atoms with Crippen LogP contribution in [-0.2, 0) is 17.5 Å². The maximum absolute atomic E-state index is 2.68. The van der Waals surface area contributed by atoms with Crippen molar-refractivity contribution in [3.8, 4) is 11.1 Å². The van der Waals surface area contributed by atoms with Crippen molar-refractivity contribution < 1.29 is 42.3 Å². The number of rotatable bonds is 4. The molecular formula is C33H36Cl2Si2Zr. The van der Waals surface area contributed by atoms with Crippen LogP contribution >= 0.6 is 0 Å². The minimum atomic E-state index is -2.68. The summed E-state index contributed by atoms with van der Waals surface area (Å²) in [6.45, 7) is 9.83. The Morgan fingerprint density at radius 1 is 0.658 bits per heavy atom. The first-order valence-electron chi connectivity index (χ1n) is 13.9. The second kappa shape index (κ2) is 10.8. The van der Waals surface area contributed by atoms with E-state index in [4.69, 9.17) is 0 Å². The minimum Gasteiger partial charge on any atom is -1.00 e. The monoisotopic (exact) mass is 648 g/mol. The topological polar surface area (TPSA) is 0 Å². The van der Waals surface area contributed by atoms with Gasteiger partial charge in [-0.25, -0.2) is 0 Å². The molecule has 0 aromatic heterocycles. The second-order valence-corrected chi connectivity index (χ2v) is 46.6. The van der Waals surface area contributed by atoms with Crippen molar-refractivity contribution in [3.05, 3.63) is 106 Å². The Balaban J connectivity index is 0.00000147. The van der Waals surface area contributed by atoms with Crippen molar-refractivity contribution in [1.29, 1.82) is 0 Å². The number of halogens is 2. The fourth-order valence-electron chi connectivity index (χ4n) is 8.62. The number of hydrogen-bond donors (Lipinski definition) is 0. The van der Waals surface area contributed by atoms with Gasteiger partial charge in [0.15, 0.2) is 0 Å². The van der Waals surface area contributed by atoms with Gasteiger partial charge in [-0.3, -0.25) is 0 Å². The van der Waals surface area contributed by atoms with E-state index in [9.17, 15) is 0 Å². The maximum atomic E-state index is 2.66. The van der Waals surface area contributed by atoms with E-state index in [2.05, 4.69) is 107 Å². The molecule has 3 aromatic rings. The molecule has 0 amide bonds. The molecule has 2 unspecified atom stereocenters. The molecule has 2 atom stereocenters. The molecule has 2 heterocycles. The molecule has 0 N–H and O–H groups in total. The summed E-state index contributed by atoms with van der Waals surface area (Å²) in [4.78, 5) is 0.